The van der Waals surface area contributed by atoms with Crippen LogP contribution in [0, 0.1) is 11.3 Å². The molecule has 0 aromatic carbocycles. The van der Waals surface area contributed by atoms with Crippen LogP contribution in [0.3, 0.4) is 0 Å². The Morgan fingerprint density at radius 1 is 1.60 bits per heavy atom. The Morgan fingerprint density at radius 3 is 2.80 bits per heavy atom. The summed E-state index contributed by atoms with van der Waals surface area (Å²) in [5, 5.41) is 11.5. The summed E-state index contributed by atoms with van der Waals surface area (Å²) in [6, 6.07) is 0. The van der Waals surface area contributed by atoms with Crippen LogP contribution in [0.1, 0.15) is 25.5 Å². The molecular formula is C11H20N4. The van der Waals surface area contributed by atoms with Crippen molar-refractivity contribution in [3.05, 3.63) is 11.9 Å². The maximum Gasteiger partial charge on any atom is 0.0833 e. The monoisotopic (exact) mass is 208 g/mol. The van der Waals surface area contributed by atoms with Gasteiger partial charge in [-0.1, -0.05) is 12.1 Å². The van der Waals surface area contributed by atoms with E-state index in [4.69, 9.17) is 0 Å². The lowest BCUT2D eigenvalue weighted by molar-refractivity contribution is 0.260. The molecule has 1 atom stereocenters. The minimum atomic E-state index is 0.352. The van der Waals surface area contributed by atoms with E-state index in [1.165, 1.54) is 12.8 Å². The van der Waals surface area contributed by atoms with Crippen molar-refractivity contribution in [3.8, 4) is 0 Å². The Labute approximate surface area is 91.1 Å². The highest BCUT2D eigenvalue weighted by atomic mass is 15.4. The summed E-state index contributed by atoms with van der Waals surface area (Å²) in [5.74, 6) is 0.868. The highest BCUT2D eigenvalue weighted by Crippen LogP contribution is 2.46. The maximum atomic E-state index is 4.18. The van der Waals surface area contributed by atoms with Crippen LogP contribution in [0.4, 0.5) is 0 Å². The molecule has 1 heterocycles. The lowest BCUT2D eigenvalue weighted by Crippen LogP contribution is -2.34. The first-order valence-corrected chi connectivity index (χ1v) is 5.64. The van der Waals surface area contributed by atoms with E-state index in [0.29, 0.717) is 5.41 Å². The summed E-state index contributed by atoms with van der Waals surface area (Å²) in [4.78, 5) is 0. The van der Waals surface area contributed by atoms with Gasteiger partial charge in [0.05, 0.1) is 5.69 Å². The molecule has 1 saturated carbocycles. The van der Waals surface area contributed by atoms with Crippen molar-refractivity contribution in [2.45, 2.75) is 26.2 Å². The van der Waals surface area contributed by atoms with Crippen LogP contribution in [-0.4, -0.2) is 28.6 Å². The van der Waals surface area contributed by atoms with Crippen LogP contribution >= 0.6 is 0 Å². The van der Waals surface area contributed by atoms with Crippen molar-refractivity contribution in [2.24, 2.45) is 18.4 Å². The van der Waals surface area contributed by atoms with Crippen LogP contribution in [0.25, 0.3) is 0 Å². The number of aryl methyl sites for hydroxylation is 1. The molecule has 0 amide bonds. The fourth-order valence-electron chi connectivity index (χ4n) is 2.43. The highest BCUT2D eigenvalue weighted by Gasteiger charge is 2.41. The van der Waals surface area contributed by atoms with E-state index in [2.05, 4.69) is 22.6 Å². The minimum absolute atomic E-state index is 0.352. The summed E-state index contributed by atoms with van der Waals surface area (Å²) in [5.41, 5.74) is 1.47. The van der Waals surface area contributed by atoms with Crippen molar-refractivity contribution >= 4 is 0 Å². The largest absolute Gasteiger partial charge is 0.319 e. The number of hydrogen-bond acceptors (Lipinski definition) is 3. The molecule has 15 heavy (non-hydrogen) atoms. The third kappa shape index (κ3) is 2.37. The zero-order valence-corrected chi connectivity index (χ0v) is 9.82. The van der Waals surface area contributed by atoms with E-state index in [-0.39, 0.29) is 0 Å². The second-order valence-electron chi connectivity index (χ2n) is 5.02. The van der Waals surface area contributed by atoms with Crippen molar-refractivity contribution in [1.82, 2.24) is 20.3 Å². The Morgan fingerprint density at radius 2 is 2.33 bits per heavy atom. The van der Waals surface area contributed by atoms with Gasteiger partial charge >= 0.3 is 0 Å². The number of rotatable bonds is 5. The Kier molecular flexibility index (Phi) is 2.78. The predicted molar refractivity (Wildman–Crippen MR) is 59.5 cm³/mol. The average molecular weight is 208 g/mol. The second kappa shape index (κ2) is 3.93. The van der Waals surface area contributed by atoms with Gasteiger partial charge in [-0.05, 0) is 37.6 Å². The summed E-state index contributed by atoms with van der Waals surface area (Å²) < 4.78 is 1.78. The molecule has 2 rings (SSSR count). The Balaban J connectivity index is 2.06. The third-order valence-electron chi connectivity index (χ3n) is 3.38. The number of aromatic nitrogens is 3. The summed E-state index contributed by atoms with van der Waals surface area (Å²) in [6.45, 7) is 3.42. The molecule has 1 unspecified atom stereocenters. The molecule has 1 aromatic heterocycles. The number of nitrogens with one attached hydrogen (secondary N) is 1. The van der Waals surface area contributed by atoms with Crippen molar-refractivity contribution < 1.29 is 0 Å². The molecular weight excluding hydrogens is 188 g/mol. The molecule has 0 radical (unpaired) electrons. The molecule has 1 N–H and O–H groups in total. The van der Waals surface area contributed by atoms with Gasteiger partial charge in [-0.3, -0.25) is 4.68 Å². The zero-order valence-electron chi connectivity index (χ0n) is 9.82. The van der Waals surface area contributed by atoms with Gasteiger partial charge in [-0.2, -0.15) is 0 Å². The first-order valence-electron chi connectivity index (χ1n) is 5.64. The van der Waals surface area contributed by atoms with Gasteiger partial charge in [0, 0.05) is 19.8 Å². The molecule has 4 heteroatoms. The zero-order chi connectivity index (χ0) is 10.9. The molecule has 1 aliphatic carbocycles. The topological polar surface area (TPSA) is 42.7 Å². The van der Waals surface area contributed by atoms with E-state index in [9.17, 15) is 0 Å². The van der Waals surface area contributed by atoms with Gasteiger partial charge in [-0.25, -0.2) is 0 Å². The normalized spacial score (nSPS) is 20.2. The first-order chi connectivity index (χ1) is 7.14. The van der Waals surface area contributed by atoms with Crippen molar-refractivity contribution in [2.75, 3.05) is 13.6 Å². The average Bonchev–Trinajstić information content (AvgIpc) is 2.93. The molecule has 4 nitrogen and oxygen atoms in total. The standard InChI is InChI=1S/C11H20N4/c1-11(8-12-2,9-4-5-9)6-10-7-15(3)14-13-10/h7,9,12H,4-6,8H2,1-3H3. The van der Waals surface area contributed by atoms with Gasteiger partial charge in [0.1, 0.15) is 0 Å². The van der Waals surface area contributed by atoms with Crippen LogP contribution < -0.4 is 5.32 Å². The smallest absolute Gasteiger partial charge is 0.0833 e. The minimum Gasteiger partial charge on any atom is -0.319 e. The number of hydrogen-bond donors (Lipinski definition) is 1. The van der Waals surface area contributed by atoms with Crippen LogP contribution in [0.5, 0.6) is 0 Å². The second-order valence-corrected chi connectivity index (χ2v) is 5.02. The summed E-state index contributed by atoms with van der Waals surface area (Å²) >= 11 is 0. The molecule has 0 saturated heterocycles. The Hall–Kier alpha value is -0.900. The van der Waals surface area contributed by atoms with Gasteiger partial charge in [-0.15, -0.1) is 5.10 Å². The lowest BCUT2D eigenvalue weighted by atomic mass is 9.80. The van der Waals surface area contributed by atoms with E-state index in [1.54, 1.807) is 4.68 Å². The van der Waals surface area contributed by atoms with E-state index >= 15 is 0 Å². The first kappa shape index (κ1) is 10.6. The molecule has 1 fully saturated rings. The van der Waals surface area contributed by atoms with Crippen molar-refractivity contribution in [3.63, 3.8) is 0 Å². The Bertz CT molecular complexity index is 329. The van der Waals surface area contributed by atoms with E-state index in [0.717, 1.165) is 24.6 Å². The SMILES string of the molecule is CNCC(C)(Cc1cn(C)nn1)C1CC1. The van der Waals surface area contributed by atoms with Crippen LogP contribution in [0.2, 0.25) is 0 Å². The van der Waals surface area contributed by atoms with Crippen LogP contribution in [0.15, 0.2) is 6.20 Å². The third-order valence-corrected chi connectivity index (χ3v) is 3.38. The lowest BCUT2D eigenvalue weighted by Gasteiger charge is -2.28. The molecule has 0 spiro atoms. The van der Waals surface area contributed by atoms with E-state index < -0.39 is 0 Å². The van der Waals surface area contributed by atoms with Crippen LogP contribution in [-0.2, 0) is 13.5 Å². The molecule has 84 valence electrons. The highest BCUT2D eigenvalue weighted by molar-refractivity contribution is 5.03. The van der Waals surface area contributed by atoms with Crippen molar-refractivity contribution in [1.29, 1.82) is 0 Å². The molecule has 1 aromatic rings. The fourth-order valence-corrected chi connectivity index (χ4v) is 2.43. The maximum absolute atomic E-state index is 4.18. The molecule has 0 bridgehead atoms. The van der Waals surface area contributed by atoms with Gasteiger partial charge in [0.25, 0.3) is 0 Å². The summed E-state index contributed by atoms with van der Waals surface area (Å²) in [7, 11) is 3.94. The molecule has 1 aliphatic rings. The fraction of sp³-hybridized carbons (Fsp3) is 0.818. The predicted octanol–water partition coefficient (Wildman–Crippen LogP) is 0.993. The van der Waals surface area contributed by atoms with Gasteiger partial charge in [0.2, 0.25) is 0 Å². The van der Waals surface area contributed by atoms with E-state index in [1.807, 2.05) is 20.3 Å². The summed E-state index contributed by atoms with van der Waals surface area (Å²) in [6.07, 6.45) is 5.81. The van der Waals surface area contributed by atoms with Gasteiger partial charge in [0.15, 0.2) is 0 Å². The number of nitrogens with zero attached hydrogens (tertiary/aromatic N) is 3. The molecule has 0 aliphatic heterocycles. The quantitative estimate of drug-likeness (QED) is 0.785. The van der Waals surface area contributed by atoms with Gasteiger partial charge < -0.3 is 5.32 Å².